The van der Waals surface area contributed by atoms with Crippen molar-refractivity contribution in [3.05, 3.63) is 81.4 Å². The minimum Gasteiger partial charge on any atom is -0.345 e. The molecule has 110 valence electrons. The number of halogens is 1. The average molecular weight is 401 g/mol. The van der Waals surface area contributed by atoms with E-state index in [0.29, 0.717) is 0 Å². The van der Waals surface area contributed by atoms with Gasteiger partial charge >= 0.3 is 0 Å². The normalized spacial score (nSPS) is 12.1. The Hall–Kier alpha value is -1.88. The van der Waals surface area contributed by atoms with E-state index >= 15 is 0 Å². The molecule has 3 heteroatoms. The summed E-state index contributed by atoms with van der Waals surface area (Å²) in [5.74, 6) is -0.0364. The lowest BCUT2D eigenvalue weighted by molar-refractivity contribution is 0.0939. The molecule has 3 aromatic rings. The Morgan fingerprint density at radius 2 is 1.64 bits per heavy atom. The number of benzene rings is 3. The highest BCUT2D eigenvalue weighted by Crippen LogP contribution is 2.21. The maximum Gasteiger partial charge on any atom is 0.252 e. The molecule has 0 spiro atoms. The third-order valence-corrected chi connectivity index (χ3v) is 4.68. The van der Waals surface area contributed by atoms with Crippen molar-refractivity contribution in [2.45, 2.75) is 13.0 Å². The molecule has 0 fully saturated rings. The highest BCUT2D eigenvalue weighted by molar-refractivity contribution is 14.1. The highest BCUT2D eigenvalue weighted by atomic mass is 127. The lowest BCUT2D eigenvalue weighted by Crippen LogP contribution is -2.27. The number of hydrogen-bond donors (Lipinski definition) is 1. The summed E-state index contributed by atoms with van der Waals surface area (Å²) in [4.78, 5) is 12.4. The molecule has 2 nitrogen and oxygen atoms in total. The lowest BCUT2D eigenvalue weighted by atomic mass is 10.0. The first-order valence-corrected chi connectivity index (χ1v) is 8.27. The van der Waals surface area contributed by atoms with Crippen LogP contribution in [0, 0.1) is 3.57 Å². The van der Waals surface area contributed by atoms with Gasteiger partial charge in [-0.05, 0) is 64.0 Å². The summed E-state index contributed by atoms with van der Waals surface area (Å²) in [6, 6.07) is 22.1. The quantitative estimate of drug-likeness (QED) is 0.620. The molecule has 0 heterocycles. The number of carbonyl (C=O) groups excluding carboxylic acids is 1. The minimum absolute atomic E-state index is 0.0342. The number of carbonyl (C=O) groups is 1. The maximum absolute atomic E-state index is 12.4. The molecule has 1 N–H and O–H groups in total. The van der Waals surface area contributed by atoms with Crippen LogP contribution >= 0.6 is 22.6 Å². The molecule has 0 bridgehead atoms. The van der Waals surface area contributed by atoms with Crippen molar-refractivity contribution in [1.82, 2.24) is 5.32 Å². The first-order chi connectivity index (χ1) is 10.6. The molecule has 0 aliphatic carbocycles. The zero-order chi connectivity index (χ0) is 15.5. The molecule has 3 rings (SSSR count). The molecule has 0 saturated carbocycles. The summed E-state index contributed by atoms with van der Waals surface area (Å²) >= 11 is 2.19. The van der Waals surface area contributed by atoms with Gasteiger partial charge in [0.25, 0.3) is 5.91 Å². The van der Waals surface area contributed by atoms with Crippen molar-refractivity contribution in [3.63, 3.8) is 0 Å². The molecule has 1 atom stereocenters. The Kier molecular flexibility index (Phi) is 4.43. The van der Waals surface area contributed by atoms with Crippen LogP contribution in [0.5, 0.6) is 0 Å². The van der Waals surface area contributed by atoms with Crippen molar-refractivity contribution < 1.29 is 4.79 Å². The largest absolute Gasteiger partial charge is 0.345 e. The topological polar surface area (TPSA) is 29.1 Å². The first kappa shape index (κ1) is 15.0. The van der Waals surface area contributed by atoms with Crippen LogP contribution in [0.15, 0.2) is 66.7 Å². The van der Waals surface area contributed by atoms with Crippen LogP contribution < -0.4 is 5.32 Å². The van der Waals surface area contributed by atoms with Gasteiger partial charge in [0.2, 0.25) is 0 Å². The minimum atomic E-state index is -0.0364. The van der Waals surface area contributed by atoms with Crippen LogP contribution in [0.4, 0.5) is 0 Å². The molecule has 0 aliphatic heterocycles. The zero-order valence-electron chi connectivity index (χ0n) is 12.2. The van der Waals surface area contributed by atoms with Gasteiger partial charge in [0, 0.05) is 3.57 Å². The maximum atomic E-state index is 12.4. The summed E-state index contributed by atoms with van der Waals surface area (Å²) in [7, 11) is 0. The van der Waals surface area contributed by atoms with Crippen molar-refractivity contribution in [2.24, 2.45) is 0 Å². The molecule has 1 amide bonds. The van der Waals surface area contributed by atoms with E-state index in [1.54, 1.807) is 0 Å². The van der Waals surface area contributed by atoms with E-state index in [2.05, 4.69) is 58.2 Å². The van der Waals surface area contributed by atoms with Crippen LogP contribution in [0.2, 0.25) is 0 Å². The smallest absolute Gasteiger partial charge is 0.252 e. The highest BCUT2D eigenvalue weighted by Gasteiger charge is 2.13. The van der Waals surface area contributed by atoms with Gasteiger partial charge in [0.05, 0.1) is 11.6 Å². The Morgan fingerprint density at radius 3 is 2.41 bits per heavy atom. The van der Waals surface area contributed by atoms with Crippen molar-refractivity contribution in [2.75, 3.05) is 0 Å². The Labute approximate surface area is 143 Å². The second-order valence-electron chi connectivity index (χ2n) is 5.28. The van der Waals surface area contributed by atoms with E-state index in [1.165, 1.54) is 10.8 Å². The fraction of sp³-hybridized carbons (Fsp3) is 0.105. The van der Waals surface area contributed by atoms with Gasteiger partial charge in [-0.2, -0.15) is 0 Å². The molecule has 22 heavy (non-hydrogen) atoms. The predicted molar refractivity (Wildman–Crippen MR) is 99.0 cm³/mol. The third kappa shape index (κ3) is 3.14. The van der Waals surface area contributed by atoms with Gasteiger partial charge in [-0.25, -0.2) is 0 Å². The average Bonchev–Trinajstić information content (AvgIpc) is 2.54. The Morgan fingerprint density at radius 1 is 0.955 bits per heavy atom. The molecule has 0 aromatic heterocycles. The van der Waals surface area contributed by atoms with Crippen molar-refractivity contribution in [3.8, 4) is 0 Å². The van der Waals surface area contributed by atoms with Crippen molar-refractivity contribution in [1.29, 1.82) is 0 Å². The molecular formula is C19H16INO. The Bertz CT molecular complexity index is 828. The van der Waals surface area contributed by atoms with E-state index < -0.39 is 0 Å². The third-order valence-electron chi connectivity index (χ3n) is 3.74. The van der Waals surface area contributed by atoms with E-state index in [4.69, 9.17) is 0 Å². The number of fused-ring (bicyclic) bond motifs is 1. The second-order valence-corrected chi connectivity index (χ2v) is 6.44. The van der Waals surface area contributed by atoms with E-state index in [-0.39, 0.29) is 11.9 Å². The summed E-state index contributed by atoms with van der Waals surface area (Å²) in [5, 5.41) is 5.47. The van der Waals surface area contributed by atoms with Crippen LogP contribution in [0.25, 0.3) is 10.8 Å². The first-order valence-electron chi connectivity index (χ1n) is 7.19. The lowest BCUT2D eigenvalue weighted by Gasteiger charge is -2.15. The summed E-state index contributed by atoms with van der Waals surface area (Å²) < 4.78 is 0.961. The van der Waals surface area contributed by atoms with Crippen LogP contribution in [-0.2, 0) is 0 Å². The van der Waals surface area contributed by atoms with E-state index in [0.717, 1.165) is 14.7 Å². The van der Waals surface area contributed by atoms with Crippen LogP contribution in [0.3, 0.4) is 0 Å². The van der Waals surface area contributed by atoms with Crippen molar-refractivity contribution >= 4 is 39.3 Å². The fourth-order valence-corrected chi connectivity index (χ4v) is 3.11. The molecule has 1 unspecified atom stereocenters. The van der Waals surface area contributed by atoms with Crippen LogP contribution in [0.1, 0.15) is 28.9 Å². The standard InChI is InChI=1S/C19H16INO/c1-13(21-19(22)17-8-4-5-9-18(17)20)15-11-10-14-6-2-3-7-16(14)12-15/h2-13H,1H3,(H,21,22). The zero-order valence-corrected chi connectivity index (χ0v) is 14.4. The number of rotatable bonds is 3. The van der Waals surface area contributed by atoms with Gasteiger partial charge in [-0.1, -0.05) is 48.5 Å². The SMILES string of the molecule is CC(NC(=O)c1ccccc1I)c1ccc2ccccc2c1. The monoisotopic (exact) mass is 401 g/mol. The van der Waals surface area contributed by atoms with Gasteiger partial charge in [0.15, 0.2) is 0 Å². The molecule has 0 saturated heterocycles. The Balaban J connectivity index is 1.82. The summed E-state index contributed by atoms with van der Waals surface area (Å²) in [6.45, 7) is 2.01. The predicted octanol–water partition coefficient (Wildman–Crippen LogP) is 4.94. The van der Waals surface area contributed by atoms with E-state index in [1.807, 2.05) is 43.3 Å². The van der Waals surface area contributed by atoms with Crippen LogP contribution in [-0.4, -0.2) is 5.91 Å². The summed E-state index contributed by atoms with van der Waals surface area (Å²) in [6.07, 6.45) is 0. The molecule has 0 radical (unpaired) electrons. The fourth-order valence-electron chi connectivity index (χ4n) is 2.48. The molecular weight excluding hydrogens is 385 g/mol. The molecule has 0 aliphatic rings. The van der Waals surface area contributed by atoms with Gasteiger partial charge in [0.1, 0.15) is 0 Å². The number of hydrogen-bond acceptors (Lipinski definition) is 1. The number of nitrogens with one attached hydrogen (secondary N) is 1. The van der Waals surface area contributed by atoms with Gasteiger partial charge in [-0.3, -0.25) is 4.79 Å². The summed E-state index contributed by atoms with van der Waals surface area (Å²) in [5.41, 5.74) is 1.83. The van der Waals surface area contributed by atoms with Gasteiger partial charge < -0.3 is 5.32 Å². The second kappa shape index (κ2) is 6.48. The number of amides is 1. The van der Waals surface area contributed by atoms with Gasteiger partial charge in [-0.15, -0.1) is 0 Å². The van der Waals surface area contributed by atoms with E-state index in [9.17, 15) is 4.79 Å². The molecule has 3 aromatic carbocycles.